The van der Waals surface area contributed by atoms with Crippen molar-refractivity contribution in [3.05, 3.63) is 70.9 Å². The van der Waals surface area contributed by atoms with Crippen molar-refractivity contribution in [1.29, 1.82) is 0 Å². The second kappa shape index (κ2) is 9.64. The van der Waals surface area contributed by atoms with Crippen molar-refractivity contribution in [3.8, 4) is 5.75 Å². The number of amides is 2. The van der Waals surface area contributed by atoms with Gasteiger partial charge in [-0.2, -0.15) is 0 Å². The van der Waals surface area contributed by atoms with Crippen molar-refractivity contribution in [1.82, 2.24) is 20.1 Å². The number of H-pyrrole nitrogens is 1. The van der Waals surface area contributed by atoms with Gasteiger partial charge in [0.2, 0.25) is 16.9 Å². The first-order valence-electron chi connectivity index (χ1n) is 11.2. The van der Waals surface area contributed by atoms with E-state index < -0.39 is 5.92 Å². The Bertz CT molecular complexity index is 1320. The Morgan fingerprint density at radius 2 is 2.09 bits per heavy atom. The van der Waals surface area contributed by atoms with E-state index in [1.165, 1.54) is 11.3 Å². The lowest BCUT2D eigenvalue weighted by Crippen LogP contribution is -2.30. The number of likely N-dealkylation sites (tertiary alicyclic amines) is 1. The van der Waals surface area contributed by atoms with Crippen molar-refractivity contribution in [2.24, 2.45) is 5.92 Å². The molecule has 174 valence electrons. The number of nitrogens with one attached hydrogen (secondary N) is 2. The monoisotopic (exact) mass is 475 g/mol. The maximum Gasteiger partial charge on any atom is 0.231 e. The van der Waals surface area contributed by atoms with Gasteiger partial charge in [-0.05, 0) is 35.7 Å². The highest BCUT2D eigenvalue weighted by Crippen LogP contribution is 2.26. The lowest BCUT2D eigenvalue weighted by Gasteiger charge is -2.16. The molecule has 0 spiro atoms. The first kappa shape index (κ1) is 22.1. The number of anilines is 1. The number of aromatic nitrogens is 3. The van der Waals surface area contributed by atoms with Gasteiger partial charge in [-0.3, -0.25) is 9.59 Å². The number of fused-ring (bicyclic) bond motifs is 1. The van der Waals surface area contributed by atoms with Crippen LogP contribution in [0.1, 0.15) is 22.6 Å². The third-order valence-corrected chi connectivity index (χ3v) is 6.94. The molecule has 0 aliphatic carbocycles. The Kier molecular flexibility index (Phi) is 6.27. The first-order valence-corrected chi connectivity index (χ1v) is 12.0. The Labute approximate surface area is 201 Å². The van der Waals surface area contributed by atoms with Crippen LogP contribution in [0.3, 0.4) is 0 Å². The second-order valence-electron chi connectivity index (χ2n) is 8.37. The number of benzene rings is 2. The average molecular weight is 476 g/mol. The first-order chi connectivity index (χ1) is 16.6. The van der Waals surface area contributed by atoms with E-state index in [1.54, 1.807) is 12.0 Å². The molecule has 2 aromatic heterocycles. The summed E-state index contributed by atoms with van der Waals surface area (Å²) in [5.41, 5.74) is 3.29. The third-order valence-electron chi connectivity index (χ3n) is 6.11. The summed E-state index contributed by atoms with van der Waals surface area (Å²) in [5.74, 6) is 0.220. The fraction of sp³-hybridized carbons (Fsp3) is 0.280. The van der Waals surface area contributed by atoms with Gasteiger partial charge >= 0.3 is 0 Å². The van der Waals surface area contributed by atoms with Crippen LogP contribution in [0.25, 0.3) is 10.9 Å². The van der Waals surface area contributed by atoms with E-state index in [2.05, 4.69) is 20.5 Å². The molecule has 2 aromatic carbocycles. The van der Waals surface area contributed by atoms with E-state index >= 15 is 0 Å². The maximum atomic E-state index is 12.8. The number of methoxy groups -OCH3 is 1. The zero-order chi connectivity index (χ0) is 23.5. The fourth-order valence-electron chi connectivity index (χ4n) is 4.26. The molecule has 4 aromatic rings. The number of ether oxygens (including phenoxy) is 1. The van der Waals surface area contributed by atoms with E-state index in [0.717, 1.165) is 32.8 Å². The molecule has 1 aliphatic heterocycles. The van der Waals surface area contributed by atoms with Gasteiger partial charge in [0.15, 0.2) is 0 Å². The third kappa shape index (κ3) is 4.79. The summed E-state index contributed by atoms with van der Waals surface area (Å²) in [5, 5.41) is 13.5. The quantitative estimate of drug-likeness (QED) is 0.405. The lowest BCUT2D eigenvalue weighted by atomic mass is 10.1. The van der Waals surface area contributed by atoms with Crippen molar-refractivity contribution in [3.63, 3.8) is 0 Å². The Hall–Kier alpha value is -3.72. The van der Waals surface area contributed by atoms with Crippen LogP contribution in [0.2, 0.25) is 0 Å². The minimum absolute atomic E-state index is 0.000368. The van der Waals surface area contributed by atoms with Crippen molar-refractivity contribution in [2.45, 2.75) is 19.3 Å². The van der Waals surface area contributed by atoms with Crippen LogP contribution in [-0.2, 0) is 22.4 Å². The highest BCUT2D eigenvalue weighted by molar-refractivity contribution is 7.15. The van der Waals surface area contributed by atoms with E-state index in [1.807, 2.05) is 54.7 Å². The number of nitrogens with zero attached hydrogens (tertiary/aromatic N) is 3. The Morgan fingerprint density at radius 1 is 1.24 bits per heavy atom. The van der Waals surface area contributed by atoms with Gasteiger partial charge in [0.25, 0.3) is 0 Å². The maximum absolute atomic E-state index is 12.8. The van der Waals surface area contributed by atoms with E-state index in [4.69, 9.17) is 4.74 Å². The van der Waals surface area contributed by atoms with Crippen LogP contribution in [0.4, 0.5) is 5.13 Å². The number of carbonyl (C=O) groups is 2. The molecule has 0 radical (unpaired) electrons. The molecule has 1 atom stereocenters. The molecule has 2 amide bonds. The number of rotatable bonds is 8. The normalized spacial score (nSPS) is 15.7. The van der Waals surface area contributed by atoms with Crippen molar-refractivity contribution >= 4 is 39.2 Å². The van der Waals surface area contributed by atoms with Gasteiger partial charge in [-0.25, -0.2) is 0 Å². The molecule has 0 saturated carbocycles. The van der Waals surface area contributed by atoms with Gasteiger partial charge in [0, 0.05) is 43.0 Å². The van der Waals surface area contributed by atoms with E-state index in [9.17, 15) is 9.59 Å². The highest BCUT2D eigenvalue weighted by atomic mass is 32.1. The molecule has 34 heavy (non-hydrogen) atoms. The molecule has 1 aliphatic rings. The molecule has 1 saturated heterocycles. The molecular weight excluding hydrogens is 450 g/mol. The van der Waals surface area contributed by atoms with Crippen LogP contribution in [0.5, 0.6) is 5.75 Å². The second-order valence-corrected chi connectivity index (χ2v) is 9.43. The standard InChI is InChI=1S/C25H25N5O3S/c1-33-19-7-8-21-20(13-19)17(14-26-21)9-10-30-15-18(12-23(30)31)24(32)27-25-29-28-22(34-25)11-16-5-3-2-4-6-16/h2-8,13-14,18,26H,9-12,15H2,1H3,(H,27,29,32)/t18-/m0/s1. The number of hydrogen-bond acceptors (Lipinski definition) is 6. The summed E-state index contributed by atoms with van der Waals surface area (Å²) >= 11 is 1.36. The van der Waals surface area contributed by atoms with Crippen LogP contribution in [0, 0.1) is 5.92 Å². The van der Waals surface area contributed by atoms with Gasteiger partial charge < -0.3 is 19.9 Å². The zero-order valence-corrected chi connectivity index (χ0v) is 19.6. The molecule has 5 rings (SSSR count). The summed E-state index contributed by atoms with van der Waals surface area (Å²) in [7, 11) is 1.65. The number of hydrogen-bond donors (Lipinski definition) is 2. The summed E-state index contributed by atoms with van der Waals surface area (Å²) in [6.45, 7) is 0.971. The topological polar surface area (TPSA) is 100 Å². The van der Waals surface area contributed by atoms with Crippen LogP contribution >= 0.6 is 11.3 Å². The summed E-state index contributed by atoms with van der Waals surface area (Å²) in [6.07, 6.45) is 3.55. The Balaban J connectivity index is 1.16. The van der Waals surface area contributed by atoms with Crippen molar-refractivity contribution in [2.75, 3.05) is 25.5 Å². The van der Waals surface area contributed by atoms with Crippen LogP contribution in [-0.4, -0.2) is 52.1 Å². The molecule has 8 nitrogen and oxygen atoms in total. The fourth-order valence-corrected chi connectivity index (χ4v) is 5.04. The minimum Gasteiger partial charge on any atom is -0.497 e. The molecule has 0 unspecified atom stereocenters. The zero-order valence-electron chi connectivity index (χ0n) is 18.8. The lowest BCUT2D eigenvalue weighted by molar-refractivity contribution is -0.128. The molecule has 2 N–H and O–H groups in total. The minimum atomic E-state index is -0.392. The predicted octanol–water partition coefficient (Wildman–Crippen LogP) is 3.65. The molecule has 1 fully saturated rings. The van der Waals surface area contributed by atoms with E-state index in [-0.39, 0.29) is 18.2 Å². The van der Waals surface area contributed by atoms with Gasteiger partial charge in [0.1, 0.15) is 10.8 Å². The summed E-state index contributed by atoms with van der Waals surface area (Å²) in [6, 6.07) is 15.9. The molecule has 9 heteroatoms. The predicted molar refractivity (Wildman–Crippen MR) is 131 cm³/mol. The van der Waals surface area contributed by atoms with Gasteiger partial charge in [-0.15, -0.1) is 10.2 Å². The summed E-state index contributed by atoms with van der Waals surface area (Å²) in [4.78, 5) is 30.4. The van der Waals surface area contributed by atoms with Gasteiger partial charge in [-0.1, -0.05) is 41.7 Å². The van der Waals surface area contributed by atoms with Crippen LogP contribution < -0.4 is 10.1 Å². The average Bonchev–Trinajstić information content (AvgIpc) is 3.56. The summed E-state index contributed by atoms with van der Waals surface area (Å²) < 4.78 is 5.33. The largest absolute Gasteiger partial charge is 0.497 e. The van der Waals surface area contributed by atoms with Crippen molar-refractivity contribution < 1.29 is 14.3 Å². The molecule has 3 heterocycles. The smallest absolute Gasteiger partial charge is 0.231 e. The van der Waals surface area contributed by atoms with Crippen LogP contribution in [0.15, 0.2) is 54.7 Å². The molecular formula is C25H25N5O3S. The van der Waals surface area contributed by atoms with E-state index in [0.29, 0.717) is 31.1 Å². The molecule has 0 bridgehead atoms. The SMILES string of the molecule is COc1ccc2[nH]cc(CCN3C[C@@H](C(=O)Nc4nnc(Cc5ccccc5)s4)CC3=O)c2c1. The number of aromatic amines is 1. The number of carbonyl (C=O) groups excluding carboxylic acids is 2. The van der Waals surface area contributed by atoms with Gasteiger partial charge in [0.05, 0.1) is 13.0 Å². The Morgan fingerprint density at radius 3 is 2.91 bits per heavy atom. The highest BCUT2D eigenvalue weighted by Gasteiger charge is 2.34.